The van der Waals surface area contributed by atoms with Crippen molar-refractivity contribution in [3.8, 4) is 5.75 Å². The molecule has 0 aliphatic carbocycles. The van der Waals surface area contributed by atoms with Gasteiger partial charge in [0.1, 0.15) is 5.75 Å². The highest BCUT2D eigenvalue weighted by atomic mass is 16.6. The van der Waals surface area contributed by atoms with Crippen LogP contribution in [0.5, 0.6) is 5.75 Å². The molecule has 1 amide bonds. The Morgan fingerprint density at radius 1 is 1.00 bits per heavy atom. The highest BCUT2D eigenvalue weighted by Crippen LogP contribution is 2.27. The van der Waals surface area contributed by atoms with Crippen LogP contribution in [0.3, 0.4) is 0 Å². The monoisotopic (exact) mass is 350 g/mol. The molecule has 0 fully saturated rings. The number of carbonyl (C=O) groups is 2. The van der Waals surface area contributed by atoms with Crippen LogP contribution in [0.25, 0.3) is 10.8 Å². The lowest BCUT2D eigenvalue weighted by molar-refractivity contribution is -0.384. The van der Waals surface area contributed by atoms with Crippen molar-refractivity contribution in [1.29, 1.82) is 0 Å². The van der Waals surface area contributed by atoms with Gasteiger partial charge in [-0.05, 0) is 29.0 Å². The Labute approximate surface area is 148 Å². The third-order valence-corrected chi connectivity index (χ3v) is 3.66. The van der Waals surface area contributed by atoms with Crippen molar-refractivity contribution in [2.45, 2.75) is 6.92 Å². The summed E-state index contributed by atoms with van der Waals surface area (Å²) >= 11 is 0. The second kappa shape index (κ2) is 7.02. The number of nitro benzene ring substituents is 1. The van der Waals surface area contributed by atoms with Crippen LogP contribution in [0.1, 0.15) is 17.3 Å². The molecule has 0 heterocycles. The quantitative estimate of drug-likeness (QED) is 0.333. The van der Waals surface area contributed by atoms with E-state index in [-0.39, 0.29) is 22.7 Å². The molecule has 130 valence electrons. The molecular formula is C19H14N2O5. The number of amides is 1. The van der Waals surface area contributed by atoms with E-state index in [2.05, 4.69) is 5.32 Å². The first kappa shape index (κ1) is 17.1. The van der Waals surface area contributed by atoms with Crippen molar-refractivity contribution >= 4 is 34.0 Å². The van der Waals surface area contributed by atoms with E-state index < -0.39 is 16.8 Å². The third-order valence-electron chi connectivity index (χ3n) is 3.66. The summed E-state index contributed by atoms with van der Waals surface area (Å²) in [6.07, 6.45) is 0. The van der Waals surface area contributed by atoms with Crippen molar-refractivity contribution in [2.75, 3.05) is 5.32 Å². The summed E-state index contributed by atoms with van der Waals surface area (Å²) in [4.78, 5) is 34.4. The minimum absolute atomic E-state index is 0.124. The number of esters is 1. The number of nitrogens with zero attached hydrogens (tertiary/aromatic N) is 1. The van der Waals surface area contributed by atoms with Crippen molar-refractivity contribution in [2.24, 2.45) is 0 Å². The molecule has 0 atom stereocenters. The first-order valence-electron chi connectivity index (χ1n) is 7.71. The van der Waals surface area contributed by atoms with E-state index in [1.54, 1.807) is 12.1 Å². The van der Waals surface area contributed by atoms with Gasteiger partial charge < -0.3 is 10.1 Å². The Hall–Kier alpha value is -3.74. The highest BCUT2D eigenvalue weighted by Gasteiger charge is 2.17. The summed E-state index contributed by atoms with van der Waals surface area (Å²) in [7, 11) is 0. The summed E-state index contributed by atoms with van der Waals surface area (Å²) in [6.45, 7) is 1.25. The zero-order valence-corrected chi connectivity index (χ0v) is 13.8. The van der Waals surface area contributed by atoms with Crippen LogP contribution in [0.15, 0.2) is 60.7 Å². The standard InChI is InChI=1S/C19H14N2O5/c1-12(22)26-18-10-14-6-3-2-5-13(14)9-17(18)19(23)20-15-7-4-8-16(11-15)21(24)25/h2-11H,1H3,(H,20,23). The van der Waals surface area contributed by atoms with E-state index >= 15 is 0 Å². The summed E-state index contributed by atoms with van der Waals surface area (Å²) < 4.78 is 5.17. The van der Waals surface area contributed by atoms with Crippen molar-refractivity contribution in [3.63, 3.8) is 0 Å². The summed E-state index contributed by atoms with van der Waals surface area (Å²) in [5.41, 5.74) is 0.290. The molecule has 0 aliphatic rings. The zero-order chi connectivity index (χ0) is 18.7. The molecule has 7 nitrogen and oxygen atoms in total. The molecule has 0 unspecified atom stereocenters. The molecule has 0 spiro atoms. The maximum Gasteiger partial charge on any atom is 0.308 e. The smallest absolute Gasteiger partial charge is 0.308 e. The number of rotatable bonds is 4. The fourth-order valence-corrected chi connectivity index (χ4v) is 2.53. The Morgan fingerprint density at radius 3 is 2.35 bits per heavy atom. The normalized spacial score (nSPS) is 10.3. The number of anilines is 1. The van der Waals surface area contributed by atoms with Gasteiger partial charge in [-0.2, -0.15) is 0 Å². The number of nitro groups is 1. The Kier molecular flexibility index (Phi) is 4.62. The van der Waals surface area contributed by atoms with Crippen LogP contribution in [-0.2, 0) is 4.79 Å². The lowest BCUT2D eigenvalue weighted by Crippen LogP contribution is -2.15. The Morgan fingerprint density at radius 2 is 1.69 bits per heavy atom. The minimum Gasteiger partial charge on any atom is -0.426 e. The van der Waals surface area contributed by atoms with Gasteiger partial charge in [0, 0.05) is 24.7 Å². The summed E-state index contributed by atoms with van der Waals surface area (Å²) in [6, 6.07) is 16.2. The number of ether oxygens (including phenoxy) is 1. The number of fused-ring (bicyclic) bond motifs is 1. The molecular weight excluding hydrogens is 336 g/mol. The van der Waals surface area contributed by atoms with Gasteiger partial charge in [-0.3, -0.25) is 19.7 Å². The van der Waals surface area contributed by atoms with E-state index in [1.807, 2.05) is 24.3 Å². The van der Waals surface area contributed by atoms with Crippen LogP contribution in [-0.4, -0.2) is 16.8 Å². The van der Waals surface area contributed by atoms with E-state index in [9.17, 15) is 19.7 Å². The number of benzene rings is 3. The van der Waals surface area contributed by atoms with Crippen molar-refractivity contribution in [3.05, 3.63) is 76.3 Å². The average molecular weight is 350 g/mol. The first-order valence-corrected chi connectivity index (χ1v) is 7.71. The number of carbonyl (C=O) groups excluding carboxylic acids is 2. The molecule has 0 bridgehead atoms. The summed E-state index contributed by atoms with van der Waals surface area (Å²) in [5, 5.41) is 15.1. The molecule has 3 aromatic carbocycles. The van der Waals surface area contributed by atoms with Gasteiger partial charge >= 0.3 is 5.97 Å². The van der Waals surface area contributed by atoms with E-state index in [1.165, 1.54) is 31.2 Å². The Bertz CT molecular complexity index is 1030. The zero-order valence-electron chi connectivity index (χ0n) is 13.8. The van der Waals surface area contributed by atoms with Crippen LogP contribution < -0.4 is 10.1 Å². The minimum atomic E-state index is -0.551. The lowest BCUT2D eigenvalue weighted by Gasteiger charge is -2.11. The van der Waals surface area contributed by atoms with E-state index in [4.69, 9.17) is 4.74 Å². The molecule has 0 aliphatic heterocycles. The SMILES string of the molecule is CC(=O)Oc1cc2ccccc2cc1C(=O)Nc1cccc([N+](=O)[O-])c1. The molecule has 0 aromatic heterocycles. The molecule has 26 heavy (non-hydrogen) atoms. The molecule has 3 aromatic rings. The molecule has 3 rings (SSSR count). The van der Waals surface area contributed by atoms with Gasteiger partial charge in [-0.25, -0.2) is 0 Å². The van der Waals surface area contributed by atoms with Gasteiger partial charge in [0.25, 0.3) is 11.6 Å². The predicted octanol–water partition coefficient (Wildman–Crippen LogP) is 3.93. The lowest BCUT2D eigenvalue weighted by atomic mass is 10.1. The van der Waals surface area contributed by atoms with Crippen molar-refractivity contribution < 1.29 is 19.2 Å². The van der Waals surface area contributed by atoms with Crippen molar-refractivity contribution in [1.82, 2.24) is 0 Å². The maximum absolute atomic E-state index is 12.7. The number of non-ortho nitro benzene ring substituents is 1. The number of nitrogens with one attached hydrogen (secondary N) is 1. The second-order valence-electron chi connectivity index (χ2n) is 5.55. The maximum atomic E-state index is 12.7. The molecule has 0 radical (unpaired) electrons. The fourth-order valence-electron chi connectivity index (χ4n) is 2.53. The summed E-state index contributed by atoms with van der Waals surface area (Å²) in [5.74, 6) is -0.962. The van der Waals surface area contributed by atoms with Crippen LogP contribution in [0, 0.1) is 10.1 Å². The van der Waals surface area contributed by atoms with Gasteiger partial charge in [0.2, 0.25) is 0 Å². The molecule has 0 saturated heterocycles. The van der Waals surface area contributed by atoms with Crippen LogP contribution >= 0.6 is 0 Å². The number of hydrogen-bond acceptors (Lipinski definition) is 5. The molecule has 0 saturated carbocycles. The van der Waals surface area contributed by atoms with E-state index in [0.717, 1.165) is 10.8 Å². The van der Waals surface area contributed by atoms with Gasteiger partial charge in [0.15, 0.2) is 0 Å². The average Bonchev–Trinajstić information content (AvgIpc) is 2.60. The van der Waals surface area contributed by atoms with E-state index in [0.29, 0.717) is 0 Å². The van der Waals surface area contributed by atoms with Crippen LogP contribution in [0.4, 0.5) is 11.4 Å². The van der Waals surface area contributed by atoms with Gasteiger partial charge in [-0.1, -0.05) is 30.3 Å². The van der Waals surface area contributed by atoms with Crippen LogP contribution in [0.2, 0.25) is 0 Å². The topological polar surface area (TPSA) is 98.5 Å². The van der Waals surface area contributed by atoms with Gasteiger partial charge in [0.05, 0.1) is 10.5 Å². The number of hydrogen-bond donors (Lipinski definition) is 1. The molecule has 7 heteroatoms. The highest BCUT2D eigenvalue weighted by molar-refractivity contribution is 6.09. The predicted molar refractivity (Wildman–Crippen MR) is 96.3 cm³/mol. The second-order valence-corrected chi connectivity index (χ2v) is 5.55. The largest absolute Gasteiger partial charge is 0.426 e. The third kappa shape index (κ3) is 3.67. The fraction of sp³-hybridized carbons (Fsp3) is 0.0526. The van der Waals surface area contributed by atoms with Gasteiger partial charge in [-0.15, -0.1) is 0 Å². The first-order chi connectivity index (χ1) is 12.4. The Balaban J connectivity index is 1.99. The molecule has 1 N–H and O–H groups in total.